The number of carbonyl (C=O) groups excluding carboxylic acids is 1. The van der Waals surface area contributed by atoms with E-state index in [1.54, 1.807) is 32.9 Å². The average molecular weight is 299 g/mol. The number of esters is 1. The Balaban J connectivity index is 2.81. The van der Waals surface area contributed by atoms with E-state index in [1.807, 2.05) is 6.92 Å². The van der Waals surface area contributed by atoms with Gasteiger partial charge in [-0.25, -0.2) is 8.42 Å². The third-order valence-electron chi connectivity index (χ3n) is 2.42. The lowest BCUT2D eigenvalue weighted by atomic mass is 10.2. The van der Waals surface area contributed by atoms with Crippen molar-refractivity contribution in [2.45, 2.75) is 51.2 Å². The van der Waals surface area contributed by atoms with Crippen molar-refractivity contribution >= 4 is 16.0 Å². The molecule has 0 amide bonds. The maximum absolute atomic E-state index is 12.1. The molecule has 0 spiro atoms. The van der Waals surface area contributed by atoms with Crippen LogP contribution in [-0.2, 0) is 19.6 Å². The number of benzene rings is 1. The molecule has 1 N–H and O–H groups in total. The summed E-state index contributed by atoms with van der Waals surface area (Å²) in [5.41, 5.74) is 0.310. The van der Waals surface area contributed by atoms with Gasteiger partial charge < -0.3 is 4.74 Å². The van der Waals surface area contributed by atoms with E-state index in [-0.39, 0.29) is 4.90 Å². The van der Waals surface area contributed by atoms with E-state index in [0.29, 0.717) is 0 Å². The van der Waals surface area contributed by atoms with E-state index in [0.717, 1.165) is 5.56 Å². The van der Waals surface area contributed by atoms with Crippen LogP contribution in [0.15, 0.2) is 29.2 Å². The van der Waals surface area contributed by atoms with Crippen molar-refractivity contribution in [3.05, 3.63) is 29.8 Å². The summed E-state index contributed by atoms with van der Waals surface area (Å²) in [7, 11) is -3.73. The second kappa shape index (κ2) is 5.93. The lowest BCUT2D eigenvalue weighted by Gasteiger charge is -2.22. The lowest BCUT2D eigenvalue weighted by molar-refractivity contribution is -0.156. The van der Waals surface area contributed by atoms with Crippen molar-refractivity contribution in [2.24, 2.45) is 0 Å². The summed E-state index contributed by atoms with van der Waals surface area (Å²) in [6, 6.07) is 5.46. The molecule has 0 aromatic heterocycles. The first kappa shape index (κ1) is 16.7. The minimum Gasteiger partial charge on any atom is -0.459 e. The van der Waals surface area contributed by atoms with Crippen molar-refractivity contribution < 1.29 is 17.9 Å². The van der Waals surface area contributed by atoms with E-state index in [2.05, 4.69) is 4.72 Å². The van der Waals surface area contributed by atoms with Crippen LogP contribution in [-0.4, -0.2) is 26.0 Å². The predicted octanol–water partition coefficient (Wildman–Crippen LogP) is 2.00. The summed E-state index contributed by atoms with van der Waals surface area (Å²) in [6.07, 6.45) is 0. The molecular weight excluding hydrogens is 278 g/mol. The molecule has 0 aliphatic rings. The Morgan fingerprint density at radius 2 is 1.70 bits per heavy atom. The monoisotopic (exact) mass is 299 g/mol. The van der Waals surface area contributed by atoms with Crippen LogP contribution in [0.25, 0.3) is 0 Å². The molecule has 0 unspecified atom stereocenters. The molecule has 1 aromatic carbocycles. The first-order valence-electron chi connectivity index (χ1n) is 6.33. The van der Waals surface area contributed by atoms with Gasteiger partial charge in [0.05, 0.1) is 4.90 Å². The van der Waals surface area contributed by atoms with Gasteiger partial charge >= 0.3 is 5.97 Å². The molecule has 6 heteroatoms. The van der Waals surface area contributed by atoms with Crippen LogP contribution in [0.1, 0.15) is 33.3 Å². The Kier molecular flexibility index (Phi) is 4.94. The third kappa shape index (κ3) is 4.94. The zero-order chi connectivity index (χ0) is 15.6. The molecule has 1 aromatic rings. The number of rotatable bonds is 4. The zero-order valence-electron chi connectivity index (χ0n) is 12.4. The first-order valence-corrected chi connectivity index (χ1v) is 7.81. The topological polar surface area (TPSA) is 72.5 Å². The van der Waals surface area contributed by atoms with E-state index in [9.17, 15) is 13.2 Å². The van der Waals surface area contributed by atoms with Crippen molar-refractivity contribution in [1.29, 1.82) is 0 Å². The Labute approximate surface area is 120 Å². The minimum atomic E-state index is -3.73. The summed E-state index contributed by atoms with van der Waals surface area (Å²) in [6.45, 7) is 8.51. The molecule has 0 saturated carbocycles. The van der Waals surface area contributed by atoms with Crippen molar-refractivity contribution in [1.82, 2.24) is 4.72 Å². The molecule has 20 heavy (non-hydrogen) atoms. The number of nitrogens with one attached hydrogen (secondary N) is 1. The SMILES string of the molecule is Cc1ccc(S(=O)(=O)N[C@H](C)C(=O)OC(C)(C)C)cc1. The fourth-order valence-electron chi connectivity index (χ4n) is 1.46. The molecule has 1 rings (SSSR count). The molecular formula is C14H21NO4S. The smallest absolute Gasteiger partial charge is 0.324 e. The number of aryl methyl sites for hydroxylation is 1. The highest BCUT2D eigenvalue weighted by atomic mass is 32.2. The van der Waals surface area contributed by atoms with Crippen LogP contribution < -0.4 is 4.72 Å². The van der Waals surface area contributed by atoms with Crippen molar-refractivity contribution in [3.63, 3.8) is 0 Å². The zero-order valence-corrected chi connectivity index (χ0v) is 13.2. The summed E-state index contributed by atoms with van der Waals surface area (Å²) in [4.78, 5) is 11.9. The first-order chi connectivity index (χ1) is 9.01. The van der Waals surface area contributed by atoms with Gasteiger partial charge in [0.1, 0.15) is 11.6 Å². The van der Waals surface area contributed by atoms with Crippen LogP contribution >= 0.6 is 0 Å². The number of hydrogen-bond donors (Lipinski definition) is 1. The molecule has 0 fully saturated rings. The Hall–Kier alpha value is -1.40. The van der Waals surface area contributed by atoms with Gasteiger partial charge in [-0.15, -0.1) is 0 Å². The fourth-order valence-corrected chi connectivity index (χ4v) is 2.65. The van der Waals surface area contributed by atoms with Gasteiger partial charge in [0, 0.05) is 0 Å². The van der Waals surface area contributed by atoms with Crippen LogP contribution in [0.3, 0.4) is 0 Å². The van der Waals surface area contributed by atoms with Gasteiger partial charge in [-0.3, -0.25) is 4.79 Å². The number of carbonyl (C=O) groups is 1. The van der Waals surface area contributed by atoms with Gasteiger partial charge in [0.25, 0.3) is 0 Å². The predicted molar refractivity (Wildman–Crippen MR) is 76.8 cm³/mol. The van der Waals surface area contributed by atoms with Gasteiger partial charge in [0.15, 0.2) is 0 Å². The molecule has 0 radical (unpaired) electrons. The Morgan fingerprint density at radius 3 is 2.15 bits per heavy atom. The summed E-state index contributed by atoms with van der Waals surface area (Å²) in [5, 5.41) is 0. The quantitative estimate of drug-likeness (QED) is 0.863. The van der Waals surface area contributed by atoms with Crippen LogP contribution in [0, 0.1) is 6.92 Å². The molecule has 1 atom stereocenters. The lowest BCUT2D eigenvalue weighted by Crippen LogP contribution is -2.42. The maximum Gasteiger partial charge on any atom is 0.324 e. The van der Waals surface area contributed by atoms with Crippen LogP contribution in [0.4, 0.5) is 0 Å². The largest absolute Gasteiger partial charge is 0.459 e. The van der Waals surface area contributed by atoms with Crippen molar-refractivity contribution in [2.75, 3.05) is 0 Å². The number of hydrogen-bond acceptors (Lipinski definition) is 4. The third-order valence-corrected chi connectivity index (χ3v) is 3.98. The highest BCUT2D eigenvalue weighted by Crippen LogP contribution is 2.12. The van der Waals surface area contributed by atoms with Gasteiger partial charge in [-0.1, -0.05) is 17.7 Å². The minimum absolute atomic E-state index is 0.124. The summed E-state index contributed by atoms with van der Waals surface area (Å²) < 4.78 is 31.7. The van der Waals surface area contributed by atoms with Gasteiger partial charge in [-0.2, -0.15) is 4.72 Å². The summed E-state index contributed by atoms with van der Waals surface area (Å²) in [5.74, 6) is -0.604. The highest BCUT2D eigenvalue weighted by molar-refractivity contribution is 7.89. The average Bonchev–Trinajstić information content (AvgIpc) is 2.26. The van der Waals surface area contributed by atoms with E-state index >= 15 is 0 Å². The second-order valence-electron chi connectivity index (χ2n) is 5.69. The molecule has 5 nitrogen and oxygen atoms in total. The van der Waals surface area contributed by atoms with Gasteiger partial charge in [-0.05, 0) is 46.8 Å². The van der Waals surface area contributed by atoms with Crippen LogP contribution in [0.2, 0.25) is 0 Å². The van der Waals surface area contributed by atoms with Crippen molar-refractivity contribution in [3.8, 4) is 0 Å². The van der Waals surface area contributed by atoms with Gasteiger partial charge in [0.2, 0.25) is 10.0 Å². The number of sulfonamides is 1. The number of ether oxygens (including phenoxy) is 1. The normalized spacial score (nSPS) is 13.8. The molecule has 0 aliphatic heterocycles. The molecule has 0 bridgehead atoms. The molecule has 0 saturated heterocycles. The second-order valence-corrected chi connectivity index (χ2v) is 7.40. The molecule has 112 valence electrons. The standard InChI is InChI=1S/C14H21NO4S/c1-10-6-8-12(9-7-10)20(17,18)15-11(2)13(16)19-14(3,4)5/h6-9,11,15H,1-5H3/t11-/m1/s1. The molecule has 0 aliphatic carbocycles. The Bertz CT molecular complexity index is 570. The molecule has 0 heterocycles. The fraction of sp³-hybridized carbons (Fsp3) is 0.500. The Morgan fingerprint density at radius 1 is 1.20 bits per heavy atom. The summed E-state index contributed by atoms with van der Waals surface area (Å²) >= 11 is 0. The highest BCUT2D eigenvalue weighted by Gasteiger charge is 2.26. The van der Waals surface area contributed by atoms with E-state index < -0.39 is 27.6 Å². The van der Waals surface area contributed by atoms with Crippen LogP contribution in [0.5, 0.6) is 0 Å². The maximum atomic E-state index is 12.1. The van der Waals surface area contributed by atoms with E-state index in [4.69, 9.17) is 4.74 Å². The van der Waals surface area contributed by atoms with E-state index in [1.165, 1.54) is 19.1 Å².